The van der Waals surface area contributed by atoms with Crippen LogP contribution in [-0.4, -0.2) is 33.4 Å². The van der Waals surface area contributed by atoms with Crippen LogP contribution in [0.3, 0.4) is 0 Å². The van der Waals surface area contributed by atoms with Crippen molar-refractivity contribution in [1.82, 2.24) is 14.9 Å². The number of piperidine rings is 1. The number of benzene rings is 1. The molecule has 1 aromatic carbocycles. The van der Waals surface area contributed by atoms with E-state index in [2.05, 4.69) is 16.9 Å². The van der Waals surface area contributed by atoms with E-state index in [1.54, 1.807) is 18.2 Å². The highest BCUT2D eigenvalue weighted by atomic mass is 32.1. The molecular weight excluding hydrogens is 286 g/mol. The lowest BCUT2D eigenvalue weighted by Gasteiger charge is -2.33. The van der Waals surface area contributed by atoms with Gasteiger partial charge in [0.05, 0.1) is 10.9 Å². The summed E-state index contributed by atoms with van der Waals surface area (Å²) in [5.41, 5.74) is 0.950. The van der Waals surface area contributed by atoms with Gasteiger partial charge in [-0.15, -0.1) is 0 Å². The van der Waals surface area contributed by atoms with E-state index in [9.17, 15) is 9.59 Å². The van der Waals surface area contributed by atoms with Crippen LogP contribution in [0, 0.1) is 4.77 Å². The highest BCUT2D eigenvalue weighted by Crippen LogP contribution is 2.20. The lowest BCUT2D eigenvalue weighted by molar-refractivity contribution is 0.0636. The van der Waals surface area contributed by atoms with Crippen molar-refractivity contribution in [3.05, 3.63) is 38.9 Å². The summed E-state index contributed by atoms with van der Waals surface area (Å²) in [6, 6.07) is 5.35. The first-order valence-corrected chi connectivity index (χ1v) is 7.54. The molecule has 0 bridgehead atoms. The van der Waals surface area contributed by atoms with Crippen molar-refractivity contribution in [3.63, 3.8) is 0 Å². The number of aromatic amines is 2. The van der Waals surface area contributed by atoms with E-state index in [4.69, 9.17) is 12.2 Å². The largest absolute Gasteiger partial charge is 0.336 e. The van der Waals surface area contributed by atoms with Gasteiger partial charge >= 0.3 is 0 Å². The second-order valence-corrected chi connectivity index (χ2v) is 5.92. The zero-order valence-electron chi connectivity index (χ0n) is 11.8. The third-order valence-corrected chi connectivity index (χ3v) is 4.25. The molecule has 3 rings (SSSR count). The summed E-state index contributed by atoms with van der Waals surface area (Å²) in [6.07, 6.45) is 3.26. The molecule has 1 aromatic heterocycles. The SMILES string of the molecule is C[C@H]1CCCCN1C(=O)c1ccc2c(=O)[nH]c(=S)[nH]c2c1. The van der Waals surface area contributed by atoms with Crippen molar-refractivity contribution in [2.45, 2.75) is 32.2 Å². The van der Waals surface area contributed by atoms with Crippen LogP contribution in [0.4, 0.5) is 0 Å². The number of carbonyl (C=O) groups is 1. The van der Waals surface area contributed by atoms with Gasteiger partial charge in [0, 0.05) is 18.2 Å². The van der Waals surface area contributed by atoms with Crippen LogP contribution < -0.4 is 5.56 Å². The Hall–Kier alpha value is -1.95. The lowest BCUT2D eigenvalue weighted by Crippen LogP contribution is -2.42. The summed E-state index contributed by atoms with van der Waals surface area (Å²) in [7, 11) is 0. The van der Waals surface area contributed by atoms with Crippen molar-refractivity contribution in [2.75, 3.05) is 6.54 Å². The first-order chi connectivity index (χ1) is 10.1. The van der Waals surface area contributed by atoms with Crippen LogP contribution in [-0.2, 0) is 0 Å². The normalized spacial score (nSPS) is 18.9. The van der Waals surface area contributed by atoms with Gasteiger partial charge in [-0.3, -0.25) is 14.6 Å². The Morgan fingerprint density at radius 2 is 2.14 bits per heavy atom. The van der Waals surface area contributed by atoms with Crippen LogP contribution in [0.1, 0.15) is 36.5 Å². The summed E-state index contributed by atoms with van der Waals surface area (Å²) in [5.74, 6) is 0.0173. The summed E-state index contributed by atoms with van der Waals surface area (Å²) in [6.45, 7) is 2.87. The van der Waals surface area contributed by atoms with E-state index in [0.29, 0.717) is 16.5 Å². The molecule has 1 aliphatic rings. The molecule has 1 fully saturated rings. The number of likely N-dealkylation sites (tertiary alicyclic amines) is 1. The fourth-order valence-corrected chi connectivity index (χ4v) is 3.07. The Balaban J connectivity index is 2.02. The summed E-state index contributed by atoms with van der Waals surface area (Å²) in [5, 5.41) is 0.506. The molecule has 1 saturated heterocycles. The van der Waals surface area contributed by atoms with Gasteiger partial charge in [-0.1, -0.05) is 0 Å². The molecule has 2 N–H and O–H groups in total. The average Bonchev–Trinajstić information content (AvgIpc) is 2.46. The number of nitrogens with one attached hydrogen (secondary N) is 2. The summed E-state index contributed by atoms with van der Waals surface area (Å²) in [4.78, 5) is 31.8. The van der Waals surface area contributed by atoms with Crippen LogP contribution in [0.2, 0.25) is 0 Å². The predicted octanol–water partition coefficient (Wildman–Crippen LogP) is 2.60. The number of amides is 1. The molecule has 2 aromatic rings. The number of aromatic nitrogens is 2. The van der Waals surface area contributed by atoms with E-state index < -0.39 is 0 Å². The number of hydrogen-bond donors (Lipinski definition) is 2. The number of hydrogen-bond acceptors (Lipinski definition) is 3. The van der Waals surface area contributed by atoms with Crippen molar-refractivity contribution in [2.24, 2.45) is 0 Å². The number of carbonyl (C=O) groups excluding carboxylic acids is 1. The van der Waals surface area contributed by atoms with Gasteiger partial charge < -0.3 is 9.88 Å². The molecule has 2 heterocycles. The Kier molecular flexibility index (Phi) is 3.63. The summed E-state index contributed by atoms with van der Waals surface area (Å²) < 4.78 is 0.267. The molecule has 5 nitrogen and oxygen atoms in total. The molecule has 6 heteroatoms. The third-order valence-electron chi connectivity index (χ3n) is 4.05. The van der Waals surface area contributed by atoms with E-state index in [1.165, 1.54) is 6.42 Å². The number of nitrogens with zero attached hydrogens (tertiary/aromatic N) is 1. The molecule has 0 saturated carbocycles. The molecule has 0 radical (unpaired) electrons. The van der Waals surface area contributed by atoms with Crippen molar-refractivity contribution in [1.29, 1.82) is 0 Å². The third kappa shape index (κ3) is 2.63. The van der Waals surface area contributed by atoms with Gasteiger partial charge in [0.15, 0.2) is 4.77 Å². The van der Waals surface area contributed by atoms with E-state index >= 15 is 0 Å². The van der Waals surface area contributed by atoms with Gasteiger partial charge in [-0.25, -0.2) is 0 Å². The fraction of sp³-hybridized carbons (Fsp3) is 0.400. The van der Waals surface area contributed by atoms with Gasteiger partial charge in [0.1, 0.15) is 0 Å². The maximum absolute atomic E-state index is 12.6. The quantitative estimate of drug-likeness (QED) is 0.796. The van der Waals surface area contributed by atoms with Gasteiger partial charge in [0.2, 0.25) is 0 Å². The second-order valence-electron chi connectivity index (χ2n) is 5.51. The van der Waals surface area contributed by atoms with Crippen molar-refractivity contribution >= 4 is 29.0 Å². The summed E-state index contributed by atoms with van der Waals surface area (Å²) >= 11 is 4.97. The molecule has 1 aliphatic heterocycles. The molecule has 1 amide bonds. The Bertz CT molecular complexity index is 808. The zero-order valence-corrected chi connectivity index (χ0v) is 12.6. The first kappa shape index (κ1) is 14.0. The molecular formula is C15H17N3O2S. The molecule has 21 heavy (non-hydrogen) atoms. The van der Waals surface area contributed by atoms with Crippen LogP contribution >= 0.6 is 12.2 Å². The van der Waals surface area contributed by atoms with E-state index in [1.807, 2.05) is 4.90 Å². The fourth-order valence-electron chi connectivity index (χ4n) is 2.87. The molecule has 0 aliphatic carbocycles. The topological polar surface area (TPSA) is 69.0 Å². The Labute approximate surface area is 127 Å². The highest BCUT2D eigenvalue weighted by Gasteiger charge is 2.24. The van der Waals surface area contributed by atoms with Gasteiger partial charge in [0.25, 0.3) is 11.5 Å². The maximum Gasteiger partial charge on any atom is 0.259 e. The maximum atomic E-state index is 12.6. The van der Waals surface area contributed by atoms with Gasteiger partial charge in [-0.05, 0) is 56.6 Å². The van der Waals surface area contributed by atoms with E-state index in [-0.39, 0.29) is 22.3 Å². The highest BCUT2D eigenvalue weighted by molar-refractivity contribution is 7.71. The Morgan fingerprint density at radius 3 is 2.90 bits per heavy atom. The zero-order chi connectivity index (χ0) is 15.0. The van der Waals surface area contributed by atoms with Crippen LogP contribution in [0.5, 0.6) is 0 Å². The second kappa shape index (κ2) is 5.44. The Morgan fingerprint density at radius 1 is 1.33 bits per heavy atom. The standard InChI is InChI=1S/C15H17N3O2S/c1-9-4-2-3-7-18(9)14(20)10-5-6-11-12(8-10)16-15(21)17-13(11)19/h5-6,8-9H,2-4,7H2,1H3,(H2,16,17,19,21)/t9-/m0/s1. The minimum absolute atomic E-state index is 0.0173. The average molecular weight is 303 g/mol. The van der Waals surface area contributed by atoms with E-state index in [0.717, 1.165) is 19.4 Å². The minimum Gasteiger partial charge on any atom is -0.336 e. The monoisotopic (exact) mass is 303 g/mol. The van der Waals surface area contributed by atoms with Crippen molar-refractivity contribution < 1.29 is 4.79 Å². The predicted molar refractivity (Wildman–Crippen MR) is 84.1 cm³/mol. The molecule has 0 unspecified atom stereocenters. The van der Waals surface area contributed by atoms with Crippen LogP contribution in [0.15, 0.2) is 23.0 Å². The number of fused-ring (bicyclic) bond motifs is 1. The number of H-pyrrole nitrogens is 2. The molecule has 0 spiro atoms. The van der Waals surface area contributed by atoms with Crippen molar-refractivity contribution in [3.8, 4) is 0 Å². The molecule has 1 atom stereocenters. The first-order valence-electron chi connectivity index (χ1n) is 7.13. The molecule has 110 valence electrons. The number of rotatable bonds is 1. The lowest BCUT2D eigenvalue weighted by atomic mass is 10.0. The minimum atomic E-state index is -0.237. The van der Waals surface area contributed by atoms with Crippen LogP contribution in [0.25, 0.3) is 10.9 Å². The smallest absolute Gasteiger partial charge is 0.259 e. The van der Waals surface area contributed by atoms with Gasteiger partial charge in [-0.2, -0.15) is 0 Å².